The van der Waals surface area contributed by atoms with E-state index in [0.717, 1.165) is 17.5 Å². The molecule has 0 spiro atoms. The fourth-order valence-corrected chi connectivity index (χ4v) is 2.96. The van der Waals surface area contributed by atoms with Gasteiger partial charge in [-0.25, -0.2) is 13.1 Å². The van der Waals surface area contributed by atoms with Crippen molar-refractivity contribution in [1.29, 1.82) is 0 Å². The molecule has 0 saturated heterocycles. The van der Waals surface area contributed by atoms with Crippen molar-refractivity contribution in [3.63, 3.8) is 0 Å². The molecule has 26 heavy (non-hydrogen) atoms. The molecule has 0 radical (unpaired) electrons. The Morgan fingerprint density at radius 3 is 2.35 bits per heavy atom. The first-order chi connectivity index (χ1) is 12.4. The van der Waals surface area contributed by atoms with E-state index in [1.807, 2.05) is 36.5 Å². The number of nitrogens with one attached hydrogen (secondary N) is 2. The summed E-state index contributed by atoms with van der Waals surface area (Å²) in [6.07, 6.45) is 4.74. The minimum absolute atomic E-state index is 0.179. The third kappa shape index (κ3) is 4.93. The Hall–Kier alpha value is -3.13. The van der Waals surface area contributed by atoms with Crippen molar-refractivity contribution in [1.82, 2.24) is 9.78 Å². The number of sulfonamides is 1. The largest absolute Gasteiger partial charge is 0.326 e. The molecule has 1 amide bonds. The zero-order chi connectivity index (χ0) is 18.6. The molecule has 2 N–H and O–H groups in total. The van der Waals surface area contributed by atoms with Crippen LogP contribution in [0.5, 0.6) is 0 Å². The second kappa shape index (κ2) is 7.40. The molecule has 0 aliphatic carbocycles. The number of carbonyl (C=O) groups excluding carboxylic acids is 1. The van der Waals surface area contributed by atoms with E-state index in [-0.39, 0.29) is 12.3 Å². The van der Waals surface area contributed by atoms with Crippen LogP contribution < -0.4 is 10.0 Å². The van der Waals surface area contributed by atoms with Crippen LogP contribution in [0.1, 0.15) is 5.56 Å². The number of hydrogen-bond acceptors (Lipinski definition) is 4. The number of benzene rings is 2. The third-order valence-electron chi connectivity index (χ3n) is 3.49. The molecule has 0 aliphatic rings. The van der Waals surface area contributed by atoms with Crippen molar-refractivity contribution >= 4 is 27.3 Å². The minimum Gasteiger partial charge on any atom is -0.326 e. The predicted octanol–water partition coefficient (Wildman–Crippen LogP) is 2.43. The smallest absolute Gasteiger partial charge is 0.229 e. The normalized spacial score (nSPS) is 11.1. The van der Waals surface area contributed by atoms with Gasteiger partial charge in [0.25, 0.3) is 0 Å². The van der Waals surface area contributed by atoms with E-state index in [9.17, 15) is 13.2 Å². The molecule has 8 heteroatoms. The van der Waals surface area contributed by atoms with Gasteiger partial charge in [-0.05, 0) is 42.0 Å². The second-order valence-electron chi connectivity index (χ2n) is 5.81. The van der Waals surface area contributed by atoms with E-state index in [1.54, 1.807) is 35.1 Å². The first-order valence-corrected chi connectivity index (χ1v) is 9.75. The Bertz CT molecular complexity index is 996. The molecular weight excluding hydrogens is 352 g/mol. The number of anilines is 2. The zero-order valence-corrected chi connectivity index (χ0v) is 14.9. The van der Waals surface area contributed by atoms with E-state index < -0.39 is 10.0 Å². The van der Waals surface area contributed by atoms with Crippen LogP contribution in [0.15, 0.2) is 67.0 Å². The Morgan fingerprint density at radius 1 is 1.04 bits per heavy atom. The molecule has 3 rings (SSSR count). The van der Waals surface area contributed by atoms with E-state index in [0.29, 0.717) is 11.4 Å². The number of carbonyl (C=O) groups is 1. The van der Waals surface area contributed by atoms with Crippen LogP contribution in [-0.2, 0) is 21.2 Å². The van der Waals surface area contributed by atoms with Crippen LogP contribution >= 0.6 is 0 Å². The van der Waals surface area contributed by atoms with Gasteiger partial charge in [-0.2, -0.15) is 5.10 Å². The molecule has 1 heterocycles. The summed E-state index contributed by atoms with van der Waals surface area (Å²) in [5.74, 6) is -0.179. The summed E-state index contributed by atoms with van der Waals surface area (Å²) < 4.78 is 26.4. The third-order valence-corrected chi connectivity index (χ3v) is 4.10. The van der Waals surface area contributed by atoms with E-state index in [1.165, 1.54) is 0 Å². The Kier molecular flexibility index (Phi) is 5.04. The lowest BCUT2D eigenvalue weighted by molar-refractivity contribution is -0.115. The highest BCUT2D eigenvalue weighted by Gasteiger charge is 2.08. The zero-order valence-electron chi connectivity index (χ0n) is 14.1. The SMILES string of the molecule is CS(=O)(=O)Nc1ccc(NC(=O)Cc2cnn(-c3ccccc3)c2)cc1. The summed E-state index contributed by atoms with van der Waals surface area (Å²) in [5, 5.41) is 7.04. The van der Waals surface area contributed by atoms with Crippen LogP contribution in [0.3, 0.4) is 0 Å². The molecule has 0 aliphatic heterocycles. The van der Waals surface area contributed by atoms with Crippen LogP contribution in [0.25, 0.3) is 5.69 Å². The average Bonchev–Trinajstić information content (AvgIpc) is 3.04. The number of rotatable bonds is 6. The summed E-state index contributed by atoms with van der Waals surface area (Å²) in [4.78, 5) is 12.2. The van der Waals surface area contributed by atoms with Gasteiger partial charge in [-0.3, -0.25) is 9.52 Å². The van der Waals surface area contributed by atoms with Crippen molar-refractivity contribution in [3.05, 3.63) is 72.6 Å². The lowest BCUT2D eigenvalue weighted by Crippen LogP contribution is -2.14. The molecule has 0 saturated carbocycles. The van der Waals surface area contributed by atoms with E-state index in [2.05, 4.69) is 15.1 Å². The van der Waals surface area contributed by atoms with E-state index >= 15 is 0 Å². The summed E-state index contributed by atoms with van der Waals surface area (Å²) in [6.45, 7) is 0. The van der Waals surface area contributed by atoms with Gasteiger partial charge < -0.3 is 5.32 Å². The molecule has 0 atom stereocenters. The highest BCUT2D eigenvalue weighted by molar-refractivity contribution is 7.92. The lowest BCUT2D eigenvalue weighted by Gasteiger charge is -2.07. The summed E-state index contributed by atoms with van der Waals surface area (Å²) >= 11 is 0. The van der Waals surface area contributed by atoms with Gasteiger partial charge in [0.2, 0.25) is 15.9 Å². The Labute approximate surface area is 151 Å². The summed E-state index contributed by atoms with van der Waals surface area (Å²) in [6, 6.07) is 16.1. The predicted molar refractivity (Wildman–Crippen MR) is 101 cm³/mol. The highest BCUT2D eigenvalue weighted by Crippen LogP contribution is 2.15. The average molecular weight is 370 g/mol. The topological polar surface area (TPSA) is 93.1 Å². The van der Waals surface area contributed by atoms with Crippen LogP contribution in [0, 0.1) is 0 Å². The van der Waals surface area contributed by atoms with Crippen molar-refractivity contribution in [2.75, 3.05) is 16.3 Å². The summed E-state index contributed by atoms with van der Waals surface area (Å²) in [5.41, 5.74) is 2.74. The fourth-order valence-electron chi connectivity index (χ4n) is 2.40. The number of para-hydroxylation sites is 1. The van der Waals surface area contributed by atoms with E-state index in [4.69, 9.17) is 0 Å². The highest BCUT2D eigenvalue weighted by atomic mass is 32.2. The van der Waals surface area contributed by atoms with Gasteiger partial charge in [-0.15, -0.1) is 0 Å². The van der Waals surface area contributed by atoms with Crippen LogP contribution in [0.2, 0.25) is 0 Å². The van der Waals surface area contributed by atoms with Crippen LogP contribution in [-0.4, -0.2) is 30.4 Å². The minimum atomic E-state index is -3.32. The first kappa shape index (κ1) is 17.7. The molecule has 3 aromatic rings. The number of nitrogens with zero attached hydrogens (tertiary/aromatic N) is 2. The van der Waals surface area contributed by atoms with Crippen molar-refractivity contribution in [2.45, 2.75) is 6.42 Å². The Balaban J connectivity index is 1.60. The van der Waals surface area contributed by atoms with Gasteiger partial charge >= 0.3 is 0 Å². The quantitative estimate of drug-likeness (QED) is 0.697. The fraction of sp³-hybridized carbons (Fsp3) is 0.111. The molecule has 134 valence electrons. The van der Waals surface area contributed by atoms with Gasteiger partial charge in [0.15, 0.2) is 0 Å². The summed E-state index contributed by atoms with van der Waals surface area (Å²) in [7, 11) is -3.32. The number of aromatic nitrogens is 2. The van der Waals surface area contributed by atoms with Crippen molar-refractivity contribution in [2.24, 2.45) is 0 Å². The lowest BCUT2D eigenvalue weighted by atomic mass is 10.2. The molecule has 2 aromatic carbocycles. The molecule has 0 unspecified atom stereocenters. The molecule has 1 aromatic heterocycles. The van der Waals surface area contributed by atoms with Gasteiger partial charge in [-0.1, -0.05) is 18.2 Å². The van der Waals surface area contributed by atoms with Gasteiger partial charge in [0, 0.05) is 17.6 Å². The molecule has 7 nitrogen and oxygen atoms in total. The van der Waals surface area contributed by atoms with Gasteiger partial charge in [0.05, 0.1) is 24.6 Å². The van der Waals surface area contributed by atoms with Crippen molar-refractivity contribution in [3.8, 4) is 5.69 Å². The number of hydrogen-bond donors (Lipinski definition) is 2. The standard InChI is InChI=1S/C18H18N4O3S/c1-26(24,25)21-16-9-7-15(8-10-16)20-18(23)11-14-12-19-22(13-14)17-5-3-2-4-6-17/h2-10,12-13,21H,11H2,1H3,(H,20,23). The number of amides is 1. The Morgan fingerprint density at radius 2 is 1.69 bits per heavy atom. The molecular formula is C18H18N4O3S. The molecule has 0 bridgehead atoms. The van der Waals surface area contributed by atoms with Crippen molar-refractivity contribution < 1.29 is 13.2 Å². The van der Waals surface area contributed by atoms with Crippen LogP contribution in [0.4, 0.5) is 11.4 Å². The maximum absolute atomic E-state index is 12.2. The maximum Gasteiger partial charge on any atom is 0.229 e. The molecule has 0 fully saturated rings. The maximum atomic E-state index is 12.2. The first-order valence-electron chi connectivity index (χ1n) is 7.86. The monoisotopic (exact) mass is 370 g/mol. The second-order valence-corrected chi connectivity index (χ2v) is 7.55. The van der Waals surface area contributed by atoms with Gasteiger partial charge in [0.1, 0.15) is 0 Å².